The average Bonchev–Trinajstić information content (AvgIpc) is 2.69. The molecule has 0 aromatic heterocycles. The minimum atomic E-state index is -4.47. The Morgan fingerprint density at radius 3 is 2.37 bits per heavy atom. The highest BCUT2D eigenvalue weighted by molar-refractivity contribution is 9.10. The van der Waals surface area contributed by atoms with Gasteiger partial charge in [-0.3, -0.25) is 9.69 Å². The van der Waals surface area contributed by atoms with E-state index in [0.717, 1.165) is 42.3 Å². The van der Waals surface area contributed by atoms with Crippen LogP contribution in [0.15, 0.2) is 46.9 Å². The molecule has 2 aromatic rings. The zero-order valence-electron chi connectivity index (χ0n) is 16.8. The van der Waals surface area contributed by atoms with Gasteiger partial charge in [-0.25, -0.2) is 0 Å². The lowest BCUT2D eigenvalue weighted by molar-refractivity contribution is -0.138. The molecule has 1 amide bonds. The average molecular weight is 484 g/mol. The second kappa shape index (κ2) is 9.94. The lowest BCUT2D eigenvalue weighted by Gasteiger charge is -2.33. The maximum Gasteiger partial charge on any atom is 0.416 e. The van der Waals surface area contributed by atoms with Gasteiger partial charge in [-0.1, -0.05) is 34.1 Å². The third kappa shape index (κ3) is 6.55. The molecule has 1 N–H and O–H groups in total. The number of carbonyl (C=O) groups excluding carboxylic acids is 1. The van der Waals surface area contributed by atoms with Crippen molar-refractivity contribution >= 4 is 27.5 Å². The van der Waals surface area contributed by atoms with Crippen molar-refractivity contribution in [3.05, 3.63) is 63.6 Å². The maximum absolute atomic E-state index is 13.6. The molecule has 1 fully saturated rings. The number of piperazine rings is 1. The number of aryl methyl sites for hydroxylation is 1. The molecule has 1 aliphatic rings. The Hall–Kier alpha value is -1.90. The van der Waals surface area contributed by atoms with Crippen LogP contribution in [0.2, 0.25) is 0 Å². The molecule has 3 rings (SSSR count). The van der Waals surface area contributed by atoms with Crippen molar-refractivity contribution in [3.63, 3.8) is 0 Å². The van der Waals surface area contributed by atoms with E-state index in [1.165, 1.54) is 6.07 Å². The zero-order chi connectivity index (χ0) is 21.7. The van der Waals surface area contributed by atoms with Crippen molar-refractivity contribution in [1.29, 1.82) is 0 Å². The topological polar surface area (TPSA) is 35.6 Å². The zero-order valence-corrected chi connectivity index (χ0v) is 18.4. The van der Waals surface area contributed by atoms with E-state index in [4.69, 9.17) is 0 Å². The van der Waals surface area contributed by atoms with Crippen LogP contribution in [0, 0.1) is 0 Å². The highest BCUT2D eigenvalue weighted by Gasteiger charge is 2.34. The smallest absolute Gasteiger partial charge is 0.326 e. The minimum absolute atomic E-state index is 0.172. The molecular weight excluding hydrogens is 459 g/mol. The number of hydrogen-bond donors (Lipinski definition) is 1. The van der Waals surface area contributed by atoms with Gasteiger partial charge in [0, 0.05) is 49.3 Å². The summed E-state index contributed by atoms with van der Waals surface area (Å²) in [5, 5.41) is 2.60. The van der Waals surface area contributed by atoms with Crippen LogP contribution in [0.25, 0.3) is 0 Å². The quantitative estimate of drug-likeness (QED) is 0.641. The van der Waals surface area contributed by atoms with E-state index in [1.54, 1.807) is 6.07 Å². The summed E-state index contributed by atoms with van der Waals surface area (Å²) < 4.78 is 41.9. The van der Waals surface area contributed by atoms with E-state index in [-0.39, 0.29) is 30.1 Å². The lowest BCUT2D eigenvalue weighted by atomic mass is 10.0. The molecule has 0 saturated carbocycles. The van der Waals surface area contributed by atoms with Gasteiger partial charge in [-0.05, 0) is 48.9 Å². The molecule has 2 aromatic carbocycles. The number of anilines is 1. The first kappa shape index (κ1) is 22.8. The Labute approximate surface area is 183 Å². The summed E-state index contributed by atoms with van der Waals surface area (Å²) in [5.41, 5.74) is 0.712. The first-order valence-electron chi connectivity index (χ1n) is 9.86. The fourth-order valence-corrected chi connectivity index (χ4v) is 3.70. The molecule has 1 saturated heterocycles. The van der Waals surface area contributed by atoms with Crippen LogP contribution in [0.4, 0.5) is 18.9 Å². The number of hydrogen-bond acceptors (Lipinski definition) is 3. The first-order chi connectivity index (χ1) is 14.2. The highest BCUT2D eigenvalue weighted by Crippen LogP contribution is 2.34. The van der Waals surface area contributed by atoms with Crippen molar-refractivity contribution < 1.29 is 18.0 Å². The van der Waals surface area contributed by atoms with Gasteiger partial charge < -0.3 is 10.2 Å². The molecule has 30 heavy (non-hydrogen) atoms. The maximum atomic E-state index is 13.6. The molecule has 0 atom stereocenters. The van der Waals surface area contributed by atoms with E-state index in [0.29, 0.717) is 6.42 Å². The monoisotopic (exact) mass is 483 g/mol. The molecule has 0 bridgehead atoms. The van der Waals surface area contributed by atoms with Gasteiger partial charge in [0.2, 0.25) is 5.91 Å². The number of alkyl halides is 3. The Balaban J connectivity index is 1.65. The molecule has 8 heteroatoms. The number of amides is 1. The third-order valence-corrected chi connectivity index (χ3v) is 5.77. The van der Waals surface area contributed by atoms with Crippen molar-refractivity contribution in [2.24, 2.45) is 0 Å². The molecule has 0 aliphatic carbocycles. The normalized spacial score (nSPS) is 15.9. The summed E-state index contributed by atoms with van der Waals surface area (Å²) >= 11 is 3.36. The van der Waals surface area contributed by atoms with Crippen LogP contribution in [0.1, 0.15) is 23.1 Å². The molecule has 0 radical (unpaired) electrons. The fourth-order valence-electron chi connectivity index (χ4n) is 3.44. The van der Waals surface area contributed by atoms with Crippen LogP contribution in [-0.4, -0.2) is 48.9 Å². The Bertz CT molecular complexity index is 863. The fraction of sp³-hybridized carbons (Fsp3) is 0.409. The van der Waals surface area contributed by atoms with Crippen molar-refractivity contribution in [3.8, 4) is 0 Å². The lowest BCUT2D eigenvalue weighted by Crippen LogP contribution is -2.44. The summed E-state index contributed by atoms with van der Waals surface area (Å²) in [7, 11) is 2.01. The second-order valence-electron chi connectivity index (χ2n) is 7.62. The Kier molecular flexibility index (Phi) is 7.55. The molecule has 162 valence electrons. The predicted octanol–water partition coefficient (Wildman–Crippen LogP) is 4.79. The van der Waals surface area contributed by atoms with Crippen LogP contribution in [0.3, 0.4) is 0 Å². The van der Waals surface area contributed by atoms with E-state index in [2.05, 4.69) is 26.1 Å². The van der Waals surface area contributed by atoms with Crippen LogP contribution < -0.4 is 5.32 Å². The number of rotatable bonds is 6. The van der Waals surface area contributed by atoms with E-state index < -0.39 is 11.7 Å². The van der Waals surface area contributed by atoms with Gasteiger partial charge in [0.15, 0.2) is 0 Å². The number of likely N-dealkylation sites (N-methyl/N-ethyl adjacent to an activating group) is 1. The molecule has 0 spiro atoms. The molecule has 1 heterocycles. The van der Waals surface area contributed by atoms with Gasteiger partial charge in [-0.2, -0.15) is 13.2 Å². The summed E-state index contributed by atoms with van der Waals surface area (Å²) in [5.74, 6) is -0.308. The van der Waals surface area contributed by atoms with Gasteiger partial charge in [0.05, 0.1) is 5.56 Å². The van der Waals surface area contributed by atoms with Crippen LogP contribution in [-0.2, 0) is 23.9 Å². The molecular formula is C22H25BrF3N3O. The summed E-state index contributed by atoms with van der Waals surface area (Å²) in [6.07, 6.45) is -3.75. The van der Waals surface area contributed by atoms with Gasteiger partial charge in [0.25, 0.3) is 0 Å². The number of nitrogens with one attached hydrogen (secondary N) is 1. The van der Waals surface area contributed by atoms with Gasteiger partial charge >= 0.3 is 6.18 Å². The van der Waals surface area contributed by atoms with Gasteiger partial charge in [-0.15, -0.1) is 0 Å². The molecule has 1 aliphatic heterocycles. The SMILES string of the molecule is CN1CCN(Cc2ccc(NC(=O)CCc3ccc(Br)cc3)cc2C(F)(F)F)CC1. The Morgan fingerprint density at radius 1 is 1.07 bits per heavy atom. The first-order valence-corrected chi connectivity index (χ1v) is 10.7. The minimum Gasteiger partial charge on any atom is -0.326 e. The van der Waals surface area contributed by atoms with Crippen LogP contribution >= 0.6 is 15.9 Å². The standard InChI is InChI=1S/C22H25BrF3N3O/c1-28-10-12-29(13-11-28)15-17-5-8-19(14-20(17)22(24,25)26)27-21(30)9-4-16-2-6-18(23)7-3-16/h2-3,5-8,14H,4,9-13,15H2,1H3,(H,27,30). The van der Waals surface area contributed by atoms with E-state index >= 15 is 0 Å². The molecule has 4 nitrogen and oxygen atoms in total. The van der Waals surface area contributed by atoms with Gasteiger partial charge in [0.1, 0.15) is 0 Å². The number of halogens is 4. The number of benzene rings is 2. The Morgan fingerprint density at radius 2 is 1.73 bits per heavy atom. The third-order valence-electron chi connectivity index (χ3n) is 5.24. The van der Waals surface area contributed by atoms with Crippen molar-refractivity contribution in [2.45, 2.75) is 25.6 Å². The van der Waals surface area contributed by atoms with Crippen molar-refractivity contribution in [2.75, 3.05) is 38.5 Å². The largest absolute Gasteiger partial charge is 0.416 e. The van der Waals surface area contributed by atoms with E-state index in [9.17, 15) is 18.0 Å². The van der Waals surface area contributed by atoms with Crippen LogP contribution in [0.5, 0.6) is 0 Å². The summed E-state index contributed by atoms with van der Waals surface area (Å²) in [4.78, 5) is 16.4. The van der Waals surface area contributed by atoms with Crippen molar-refractivity contribution in [1.82, 2.24) is 9.80 Å². The number of nitrogens with zero attached hydrogens (tertiary/aromatic N) is 2. The molecule has 0 unspecified atom stereocenters. The highest BCUT2D eigenvalue weighted by atomic mass is 79.9. The predicted molar refractivity (Wildman–Crippen MR) is 115 cm³/mol. The summed E-state index contributed by atoms with van der Waals surface area (Å²) in [6, 6.07) is 11.7. The van der Waals surface area contributed by atoms with E-state index in [1.807, 2.05) is 36.2 Å². The number of carbonyl (C=O) groups is 1. The second-order valence-corrected chi connectivity index (χ2v) is 8.54. The summed E-state index contributed by atoms with van der Waals surface area (Å²) in [6.45, 7) is 3.41.